The van der Waals surface area contributed by atoms with Crippen LogP contribution in [0.4, 0.5) is 0 Å². The van der Waals surface area contributed by atoms with Gasteiger partial charge in [-0.25, -0.2) is 0 Å². The summed E-state index contributed by atoms with van der Waals surface area (Å²) < 4.78 is 0. The smallest absolute Gasteiger partial charge is 0.166 e. The average Bonchev–Trinajstić information content (AvgIpc) is 2.43. The summed E-state index contributed by atoms with van der Waals surface area (Å²) in [6, 6.07) is 12.8. The van der Waals surface area contributed by atoms with E-state index in [9.17, 15) is 0 Å². The lowest BCUT2D eigenvalue weighted by molar-refractivity contribution is 0.984. The summed E-state index contributed by atoms with van der Waals surface area (Å²) in [6.45, 7) is 21.2. The zero-order valence-corrected chi connectivity index (χ0v) is 22.1. The van der Waals surface area contributed by atoms with Crippen LogP contribution in [-0.2, 0) is 0 Å². The minimum absolute atomic E-state index is 0.380. The van der Waals surface area contributed by atoms with Crippen molar-refractivity contribution in [2.45, 2.75) is 70.0 Å². The molecule has 2 heterocycles. The largest absolute Gasteiger partial charge is 0.258 e. The third kappa shape index (κ3) is 5.19. The van der Waals surface area contributed by atoms with Gasteiger partial charge in [0, 0.05) is 33.1 Å². The molecule has 148 valence electrons. The van der Waals surface area contributed by atoms with Crippen molar-refractivity contribution in [2.24, 2.45) is 0 Å². The minimum Gasteiger partial charge on any atom is -0.258 e. The predicted molar refractivity (Wildman–Crippen MR) is 128 cm³/mol. The predicted octanol–water partition coefficient (Wildman–Crippen LogP) is 6.61. The Morgan fingerprint density at radius 3 is 1.26 bits per heavy atom. The molecule has 0 amide bonds. The first-order valence-corrected chi connectivity index (χ1v) is 20.6. The summed E-state index contributed by atoms with van der Waals surface area (Å²) >= 11 is 7.74. The Labute approximate surface area is 173 Å². The molecule has 0 radical (unpaired) electrons. The zero-order valence-electron chi connectivity index (χ0n) is 18.4. The van der Waals surface area contributed by atoms with Crippen molar-refractivity contribution in [3.05, 3.63) is 59.2 Å². The number of aromatic nitrogens is 2. The summed E-state index contributed by atoms with van der Waals surface area (Å²) in [5, 5.41) is 0.760. The Bertz CT molecular complexity index is 729. The molecular weight excluding hydrogens is 400 g/mol. The number of hydrogen-bond acceptors (Lipinski definition) is 2. The van der Waals surface area contributed by atoms with Crippen LogP contribution in [0.2, 0.25) is 45.8 Å². The van der Waals surface area contributed by atoms with Crippen molar-refractivity contribution in [1.82, 2.24) is 9.97 Å². The Morgan fingerprint density at radius 2 is 1.00 bits per heavy atom. The molecule has 0 aliphatic carbocycles. The van der Waals surface area contributed by atoms with E-state index >= 15 is 0 Å². The molecule has 6 heteroatoms. The van der Waals surface area contributed by atoms with E-state index in [0.29, 0.717) is 10.3 Å². The molecule has 0 fully saturated rings. The van der Waals surface area contributed by atoms with Crippen molar-refractivity contribution in [2.75, 3.05) is 0 Å². The van der Waals surface area contributed by atoms with Crippen LogP contribution in [0.5, 0.6) is 0 Å². The molecule has 27 heavy (non-hydrogen) atoms. The second-order valence-corrected chi connectivity index (χ2v) is 27.8. The van der Waals surface area contributed by atoms with Crippen molar-refractivity contribution in [3.8, 4) is 0 Å². The Kier molecular flexibility index (Phi) is 6.62. The third-order valence-electron chi connectivity index (χ3n) is 5.27. The van der Waals surface area contributed by atoms with Crippen molar-refractivity contribution < 1.29 is 0 Å². The first-order chi connectivity index (χ1) is 12.2. The molecule has 2 aromatic rings. The molecule has 3 atom stereocenters. The molecule has 0 N–H and O–H groups in total. The molecular formula is C21H35ClN2Si3. The maximum Gasteiger partial charge on any atom is 0.166 e. The fraction of sp³-hybridized carbons (Fsp3) is 0.524. The Balaban J connectivity index is 2.70. The number of nitrogens with zero attached hydrogens (tertiary/aromatic N) is 2. The van der Waals surface area contributed by atoms with Gasteiger partial charge in [0.05, 0.1) is 16.1 Å². The molecule has 0 aliphatic heterocycles. The van der Waals surface area contributed by atoms with Gasteiger partial charge in [-0.05, 0) is 38.1 Å². The van der Waals surface area contributed by atoms with Crippen molar-refractivity contribution in [3.63, 3.8) is 0 Å². The van der Waals surface area contributed by atoms with Crippen molar-refractivity contribution >= 4 is 34.6 Å². The van der Waals surface area contributed by atoms with Gasteiger partial charge in [0.2, 0.25) is 0 Å². The quantitative estimate of drug-likeness (QED) is 0.377. The van der Waals surface area contributed by atoms with Crippen LogP contribution < -0.4 is 0 Å². The van der Waals surface area contributed by atoms with Gasteiger partial charge in [-0.1, -0.05) is 58.0 Å². The normalized spacial score (nSPS) is 17.3. The highest BCUT2D eigenvalue weighted by Crippen LogP contribution is 2.48. The number of halogens is 1. The molecule has 2 aromatic heterocycles. The summed E-state index contributed by atoms with van der Waals surface area (Å²) in [7, 11) is -5.51. The maximum absolute atomic E-state index is 7.74. The monoisotopic (exact) mass is 434 g/mol. The molecule has 0 spiro atoms. The van der Waals surface area contributed by atoms with E-state index in [2.05, 4.69) is 96.1 Å². The fourth-order valence-corrected chi connectivity index (χ4v) is 30.3. The molecule has 0 saturated heterocycles. The molecule has 0 aromatic carbocycles. The SMILES string of the molecule is Cc1cccc([C@H]([Si](C)(C)C)[Si](C)(Cl)[C@@H](c2cccc(C)n2)[Si](C)(C)C)n1. The number of pyridine rings is 2. The standard InChI is InChI=1S/C21H35ClN2Si3/c1-16-12-10-14-18(23-16)20(25(3,4)5)27(9,22)21(26(6,7)8)19-15-11-13-17(2)24-19/h10-15,20-21H,1-9H3/t20-,21+,27?. The van der Waals surface area contributed by atoms with Gasteiger partial charge in [-0.3, -0.25) is 9.97 Å². The fourth-order valence-electron chi connectivity index (χ4n) is 4.78. The van der Waals surface area contributed by atoms with E-state index in [-0.39, 0.29) is 0 Å². The lowest BCUT2D eigenvalue weighted by Crippen LogP contribution is -2.57. The van der Waals surface area contributed by atoms with Crippen LogP contribution in [0.1, 0.15) is 33.1 Å². The van der Waals surface area contributed by atoms with Gasteiger partial charge in [0.1, 0.15) is 0 Å². The van der Waals surface area contributed by atoms with Crippen LogP contribution in [-0.4, -0.2) is 33.5 Å². The lowest BCUT2D eigenvalue weighted by atomic mass is 10.3. The van der Waals surface area contributed by atoms with Crippen LogP contribution in [0, 0.1) is 13.8 Å². The number of aryl methyl sites for hydroxylation is 2. The van der Waals surface area contributed by atoms with E-state index in [0.717, 1.165) is 11.4 Å². The van der Waals surface area contributed by atoms with Gasteiger partial charge in [0.15, 0.2) is 7.38 Å². The van der Waals surface area contributed by atoms with Crippen LogP contribution >= 0.6 is 11.1 Å². The molecule has 0 bridgehead atoms. The summed E-state index contributed by atoms with van der Waals surface area (Å²) in [4.78, 5) is 9.92. The first kappa shape index (κ1) is 22.5. The second kappa shape index (κ2) is 7.93. The van der Waals surface area contributed by atoms with Crippen molar-refractivity contribution in [1.29, 1.82) is 0 Å². The van der Waals surface area contributed by atoms with Gasteiger partial charge in [-0.15, -0.1) is 0 Å². The van der Waals surface area contributed by atoms with E-state index in [1.54, 1.807) is 0 Å². The highest BCUT2D eigenvalue weighted by Gasteiger charge is 2.54. The second-order valence-electron chi connectivity index (χ2n) is 10.2. The van der Waals surface area contributed by atoms with Crippen LogP contribution in [0.25, 0.3) is 0 Å². The molecule has 2 rings (SSSR count). The first-order valence-electron chi connectivity index (χ1n) is 9.80. The van der Waals surface area contributed by atoms with Gasteiger partial charge < -0.3 is 0 Å². The molecule has 0 aliphatic rings. The zero-order chi connectivity index (χ0) is 20.6. The van der Waals surface area contributed by atoms with Gasteiger partial charge >= 0.3 is 0 Å². The summed E-state index contributed by atoms with van der Waals surface area (Å²) in [6.07, 6.45) is 0. The van der Waals surface area contributed by atoms with Crippen LogP contribution in [0.3, 0.4) is 0 Å². The van der Waals surface area contributed by atoms with Gasteiger partial charge in [0.25, 0.3) is 0 Å². The van der Waals surface area contributed by atoms with E-state index < -0.39 is 23.5 Å². The topological polar surface area (TPSA) is 25.8 Å². The maximum atomic E-state index is 7.74. The van der Waals surface area contributed by atoms with Crippen LogP contribution in [0.15, 0.2) is 36.4 Å². The lowest BCUT2D eigenvalue weighted by Gasteiger charge is -2.46. The summed E-state index contributed by atoms with van der Waals surface area (Å²) in [5.41, 5.74) is 4.56. The van der Waals surface area contributed by atoms with E-state index in [1.165, 1.54) is 11.4 Å². The summed E-state index contributed by atoms with van der Waals surface area (Å²) in [5.74, 6) is 0. The minimum atomic E-state index is -2.29. The van der Waals surface area contributed by atoms with E-state index in [4.69, 9.17) is 21.0 Å². The molecule has 2 nitrogen and oxygen atoms in total. The van der Waals surface area contributed by atoms with E-state index in [1.807, 2.05) is 0 Å². The Hall–Kier alpha value is -0.759. The molecule has 0 saturated carbocycles. The van der Waals surface area contributed by atoms with Gasteiger partial charge in [-0.2, -0.15) is 11.1 Å². The highest BCUT2D eigenvalue weighted by atomic mass is 35.6. The Morgan fingerprint density at radius 1 is 0.667 bits per heavy atom. The molecule has 1 unspecified atom stereocenters. The number of rotatable bonds is 6. The highest BCUT2D eigenvalue weighted by molar-refractivity contribution is 7.29. The average molecular weight is 435 g/mol. The number of hydrogen-bond donors (Lipinski definition) is 0. The third-order valence-corrected chi connectivity index (χ3v) is 23.4.